The smallest absolute Gasteiger partial charge is 0.261 e. The second-order valence-corrected chi connectivity index (χ2v) is 8.56. The van der Waals surface area contributed by atoms with E-state index in [1.165, 1.54) is 18.3 Å². The summed E-state index contributed by atoms with van der Waals surface area (Å²) >= 11 is 0. The van der Waals surface area contributed by atoms with Crippen molar-refractivity contribution in [1.82, 2.24) is 15.0 Å². The highest BCUT2D eigenvalue weighted by atomic mass is 32.2. The molecule has 0 bridgehead atoms. The molecule has 0 radical (unpaired) electrons. The summed E-state index contributed by atoms with van der Waals surface area (Å²) in [4.78, 5) is 17.7. The maximum atomic E-state index is 12.6. The number of hydrogen-bond donors (Lipinski definition) is 1. The largest absolute Gasteiger partial charge is 0.474 e. The zero-order valence-electron chi connectivity index (χ0n) is 16.3. The van der Waals surface area contributed by atoms with Gasteiger partial charge in [-0.2, -0.15) is 0 Å². The van der Waals surface area contributed by atoms with E-state index in [4.69, 9.17) is 4.74 Å². The lowest BCUT2D eigenvalue weighted by atomic mass is 10.1. The number of hydrogen-bond acceptors (Lipinski definition) is 7. The van der Waals surface area contributed by atoms with E-state index in [0.717, 1.165) is 16.6 Å². The molecule has 0 saturated heterocycles. The molecule has 1 aliphatic rings. The zero-order chi connectivity index (χ0) is 21.3. The molecule has 0 amide bonds. The van der Waals surface area contributed by atoms with E-state index in [0.29, 0.717) is 35.9 Å². The fourth-order valence-electron chi connectivity index (χ4n) is 3.25. The minimum atomic E-state index is -3.70. The molecule has 154 valence electrons. The van der Waals surface area contributed by atoms with Gasteiger partial charge in [0.05, 0.1) is 40.6 Å². The van der Waals surface area contributed by atoms with Crippen LogP contribution < -0.4 is 4.72 Å². The first kappa shape index (κ1) is 19.1. The highest BCUT2D eigenvalue weighted by Crippen LogP contribution is 2.26. The number of fused-ring (bicyclic) bond motifs is 1. The Kier molecular flexibility index (Phi) is 4.79. The Labute approximate surface area is 178 Å². The Morgan fingerprint density at radius 2 is 1.77 bits per heavy atom. The lowest BCUT2D eigenvalue weighted by Gasteiger charge is -2.10. The number of ether oxygens (including phenoxy) is 1. The maximum absolute atomic E-state index is 12.6. The van der Waals surface area contributed by atoms with Crippen molar-refractivity contribution in [3.63, 3.8) is 0 Å². The van der Waals surface area contributed by atoms with Crippen LogP contribution in [0.1, 0.15) is 5.69 Å². The molecule has 3 heterocycles. The molecule has 2 aromatic heterocycles. The van der Waals surface area contributed by atoms with Crippen LogP contribution in [0.5, 0.6) is 0 Å². The fraction of sp³-hybridized carbons (Fsp3) is 0.0909. The van der Waals surface area contributed by atoms with E-state index < -0.39 is 10.0 Å². The van der Waals surface area contributed by atoms with Crippen molar-refractivity contribution in [2.24, 2.45) is 4.99 Å². The molecule has 0 atom stereocenters. The molecule has 0 unspecified atom stereocenters. The fourth-order valence-corrected chi connectivity index (χ4v) is 4.31. The summed E-state index contributed by atoms with van der Waals surface area (Å²) in [5.74, 6) is 0.499. The third-order valence-corrected chi connectivity index (χ3v) is 6.12. The molecule has 0 aliphatic carbocycles. The number of rotatable bonds is 5. The molecule has 5 rings (SSSR count). The lowest BCUT2D eigenvalue weighted by molar-refractivity contribution is 0.347. The third kappa shape index (κ3) is 3.95. The van der Waals surface area contributed by atoms with Crippen LogP contribution in [0.4, 0.5) is 5.69 Å². The summed E-state index contributed by atoms with van der Waals surface area (Å²) in [6, 6.07) is 15.6. The Bertz CT molecular complexity index is 1410. The molecular formula is C22H17N5O3S. The molecule has 1 aliphatic heterocycles. The number of sulfonamides is 1. The van der Waals surface area contributed by atoms with Crippen LogP contribution in [0, 0.1) is 0 Å². The predicted molar refractivity (Wildman–Crippen MR) is 117 cm³/mol. The number of benzene rings is 2. The van der Waals surface area contributed by atoms with E-state index in [2.05, 4.69) is 24.7 Å². The molecule has 0 spiro atoms. The van der Waals surface area contributed by atoms with Crippen molar-refractivity contribution in [3.8, 4) is 11.1 Å². The van der Waals surface area contributed by atoms with Gasteiger partial charge < -0.3 is 4.74 Å². The lowest BCUT2D eigenvalue weighted by Crippen LogP contribution is -2.12. The van der Waals surface area contributed by atoms with Crippen LogP contribution in [0.3, 0.4) is 0 Å². The summed E-state index contributed by atoms with van der Waals surface area (Å²) in [7, 11) is -3.70. The molecule has 2 aromatic carbocycles. The van der Waals surface area contributed by atoms with Crippen LogP contribution in [-0.4, -0.2) is 42.4 Å². The summed E-state index contributed by atoms with van der Waals surface area (Å²) in [5, 5.41) is 0. The predicted octanol–water partition coefficient (Wildman–Crippen LogP) is 3.27. The van der Waals surface area contributed by atoms with Gasteiger partial charge in [0.2, 0.25) is 5.90 Å². The van der Waals surface area contributed by atoms with Crippen LogP contribution in [-0.2, 0) is 14.8 Å². The number of pyridine rings is 1. The molecule has 31 heavy (non-hydrogen) atoms. The topological polar surface area (TPSA) is 106 Å². The van der Waals surface area contributed by atoms with E-state index in [9.17, 15) is 8.42 Å². The highest BCUT2D eigenvalue weighted by Gasteiger charge is 2.15. The zero-order valence-corrected chi connectivity index (χ0v) is 17.1. The van der Waals surface area contributed by atoms with Crippen molar-refractivity contribution in [1.29, 1.82) is 0 Å². The Morgan fingerprint density at radius 3 is 2.58 bits per heavy atom. The van der Waals surface area contributed by atoms with Crippen molar-refractivity contribution in [3.05, 3.63) is 78.9 Å². The Morgan fingerprint density at radius 1 is 0.903 bits per heavy atom. The first-order chi connectivity index (χ1) is 15.1. The molecule has 0 fully saturated rings. The summed E-state index contributed by atoms with van der Waals surface area (Å²) in [6.45, 7) is 1.17. The van der Waals surface area contributed by atoms with Crippen molar-refractivity contribution >= 4 is 32.6 Å². The standard InChI is InChI=1S/C22H17N5O3S/c28-31(29,18-4-2-1-3-5-18)27-17-10-16(12-23-13-17)15-6-7-19-20(11-15)26-21(14-25-19)22-24-8-9-30-22/h1-7,10-14,27H,8-9H2. The van der Waals surface area contributed by atoms with Crippen molar-refractivity contribution in [2.45, 2.75) is 4.90 Å². The average molecular weight is 431 g/mol. The van der Waals surface area contributed by atoms with Gasteiger partial charge in [0.1, 0.15) is 12.3 Å². The summed E-state index contributed by atoms with van der Waals surface area (Å²) in [5.41, 5.74) is 3.96. The quantitative estimate of drug-likeness (QED) is 0.520. The minimum Gasteiger partial charge on any atom is -0.474 e. The SMILES string of the molecule is O=S(=O)(Nc1cncc(-c2ccc3ncc(C4=NCCO4)nc3c2)c1)c1ccccc1. The number of aliphatic imine (C=N–C) groups is 1. The van der Waals surface area contributed by atoms with Crippen molar-refractivity contribution < 1.29 is 13.2 Å². The van der Waals surface area contributed by atoms with Gasteiger partial charge in [-0.3, -0.25) is 14.7 Å². The normalized spacial score (nSPS) is 13.6. The van der Waals surface area contributed by atoms with Crippen LogP contribution in [0.25, 0.3) is 22.2 Å². The summed E-state index contributed by atoms with van der Waals surface area (Å²) in [6.07, 6.45) is 4.79. The monoisotopic (exact) mass is 431 g/mol. The van der Waals surface area contributed by atoms with Gasteiger partial charge in [-0.25, -0.2) is 18.4 Å². The summed E-state index contributed by atoms with van der Waals surface area (Å²) < 4.78 is 33.3. The van der Waals surface area contributed by atoms with Gasteiger partial charge in [-0.1, -0.05) is 24.3 Å². The Hall–Kier alpha value is -3.85. The van der Waals surface area contributed by atoms with E-state index in [1.807, 2.05) is 18.2 Å². The van der Waals surface area contributed by atoms with Gasteiger partial charge in [-0.05, 0) is 35.9 Å². The van der Waals surface area contributed by atoms with Gasteiger partial charge in [-0.15, -0.1) is 0 Å². The molecule has 0 saturated carbocycles. The highest BCUT2D eigenvalue weighted by molar-refractivity contribution is 7.92. The van der Waals surface area contributed by atoms with E-state index >= 15 is 0 Å². The van der Waals surface area contributed by atoms with Gasteiger partial charge in [0.15, 0.2) is 0 Å². The first-order valence-electron chi connectivity index (χ1n) is 9.56. The number of nitrogens with one attached hydrogen (secondary N) is 1. The average Bonchev–Trinajstić information content (AvgIpc) is 3.34. The molecule has 9 heteroatoms. The van der Waals surface area contributed by atoms with Crippen LogP contribution in [0.15, 0.2) is 83.1 Å². The number of nitrogens with zero attached hydrogens (tertiary/aromatic N) is 4. The Balaban J connectivity index is 1.47. The molecule has 1 N–H and O–H groups in total. The molecule has 8 nitrogen and oxygen atoms in total. The number of anilines is 1. The van der Waals surface area contributed by atoms with Gasteiger partial charge in [0, 0.05) is 11.8 Å². The minimum absolute atomic E-state index is 0.186. The van der Waals surface area contributed by atoms with Crippen molar-refractivity contribution in [2.75, 3.05) is 17.9 Å². The third-order valence-electron chi connectivity index (χ3n) is 4.72. The van der Waals surface area contributed by atoms with Gasteiger partial charge in [0.25, 0.3) is 10.0 Å². The second kappa shape index (κ2) is 7.77. The van der Waals surface area contributed by atoms with Crippen LogP contribution in [0.2, 0.25) is 0 Å². The maximum Gasteiger partial charge on any atom is 0.261 e. The molecule has 4 aromatic rings. The van der Waals surface area contributed by atoms with E-state index in [-0.39, 0.29) is 4.90 Å². The van der Waals surface area contributed by atoms with Gasteiger partial charge >= 0.3 is 0 Å². The van der Waals surface area contributed by atoms with Crippen LogP contribution >= 0.6 is 0 Å². The molecular weight excluding hydrogens is 414 g/mol. The van der Waals surface area contributed by atoms with E-state index in [1.54, 1.807) is 36.7 Å². The first-order valence-corrected chi connectivity index (χ1v) is 11.0. The number of aromatic nitrogens is 3. The second-order valence-electron chi connectivity index (χ2n) is 6.87.